The molecule has 3 rings (SSSR count). The zero-order valence-corrected chi connectivity index (χ0v) is 15.0. The zero-order chi connectivity index (χ0) is 16.1. The van der Waals surface area contributed by atoms with Crippen molar-refractivity contribution in [2.45, 2.75) is 64.3 Å². The molecule has 1 aliphatic heterocycles. The van der Waals surface area contributed by atoms with Crippen LogP contribution in [0.15, 0.2) is 5.38 Å². The molecule has 0 aromatic carbocycles. The summed E-state index contributed by atoms with van der Waals surface area (Å²) in [7, 11) is 0. The number of thiazole rings is 1. The van der Waals surface area contributed by atoms with E-state index in [1.165, 1.54) is 51.6 Å². The Morgan fingerprint density at radius 1 is 1.30 bits per heavy atom. The summed E-state index contributed by atoms with van der Waals surface area (Å²) in [5.41, 5.74) is 0.903. The smallest absolute Gasteiger partial charge is 0.226 e. The topological polar surface area (TPSA) is 45.2 Å². The van der Waals surface area contributed by atoms with Crippen molar-refractivity contribution in [3.63, 3.8) is 0 Å². The summed E-state index contributed by atoms with van der Waals surface area (Å²) < 4.78 is 0. The van der Waals surface area contributed by atoms with Crippen LogP contribution in [0.2, 0.25) is 0 Å². The summed E-state index contributed by atoms with van der Waals surface area (Å²) in [6.45, 7) is 5.44. The van der Waals surface area contributed by atoms with E-state index in [9.17, 15) is 4.79 Å². The lowest BCUT2D eigenvalue weighted by molar-refractivity contribution is -0.121. The standard InChI is InChI=1S/C18H29N3OS/c1-14-19-17(13-23-14)10-18(22)20-16-8-5-9-21(12-16)11-15-6-3-2-4-7-15/h13,15-16H,2-12H2,1H3,(H,20,22). The molecule has 5 heteroatoms. The summed E-state index contributed by atoms with van der Waals surface area (Å²) in [4.78, 5) is 19.2. The quantitative estimate of drug-likeness (QED) is 0.899. The summed E-state index contributed by atoms with van der Waals surface area (Å²) in [6, 6.07) is 0.319. The molecule has 1 saturated heterocycles. The predicted octanol–water partition coefficient (Wildman–Crippen LogP) is 3.15. The number of aromatic nitrogens is 1. The van der Waals surface area contributed by atoms with Crippen LogP contribution < -0.4 is 5.32 Å². The Hall–Kier alpha value is -0.940. The first-order valence-electron chi connectivity index (χ1n) is 9.12. The highest BCUT2D eigenvalue weighted by Gasteiger charge is 2.24. The third kappa shape index (κ3) is 5.28. The van der Waals surface area contributed by atoms with Gasteiger partial charge in [-0.15, -0.1) is 11.3 Å². The van der Waals surface area contributed by atoms with Crippen molar-refractivity contribution in [1.29, 1.82) is 0 Å². The number of likely N-dealkylation sites (tertiary alicyclic amines) is 1. The minimum atomic E-state index is 0.125. The van der Waals surface area contributed by atoms with Gasteiger partial charge in [0.1, 0.15) is 0 Å². The van der Waals surface area contributed by atoms with E-state index in [0.29, 0.717) is 12.5 Å². The molecule has 1 unspecified atom stereocenters. The fraction of sp³-hybridized carbons (Fsp3) is 0.778. The summed E-state index contributed by atoms with van der Waals surface area (Å²) in [6.07, 6.45) is 9.77. The number of carbonyl (C=O) groups is 1. The minimum Gasteiger partial charge on any atom is -0.352 e. The van der Waals surface area contributed by atoms with Crippen molar-refractivity contribution < 1.29 is 4.79 Å². The van der Waals surface area contributed by atoms with Crippen molar-refractivity contribution in [1.82, 2.24) is 15.2 Å². The second-order valence-corrected chi connectivity index (χ2v) is 8.27. The van der Waals surface area contributed by atoms with Gasteiger partial charge in [-0.3, -0.25) is 4.79 Å². The number of aryl methyl sites for hydroxylation is 1. The molecule has 1 aromatic heterocycles. The van der Waals surface area contributed by atoms with Gasteiger partial charge in [0, 0.05) is 24.5 Å². The maximum Gasteiger partial charge on any atom is 0.226 e. The SMILES string of the molecule is Cc1nc(CC(=O)NC2CCCN(CC3CCCCC3)C2)cs1. The Labute approximate surface area is 143 Å². The third-order valence-corrected chi connectivity index (χ3v) is 5.94. The van der Waals surface area contributed by atoms with E-state index < -0.39 is 0 Å². The van der Waals surface area contributed by atoms with Crippen LogP contribution in [-0.2, 0) is 11.2 Å². The van der Waals surface area contributed by atoms with E-state index in [1.807, 2.05) is 12.3 Å². The molecule has 128 valence electrons. The van der Waals surface area contributed by atoms with E-state index in [4.69, 9.17) is 0 Å². The van der Waals surface area contributed by atoms with Gasteiger partial charge in [-0.05, 0) is 45.1 Å². The second-order valence-electron chi connectivity index (χ2n) is 7.20. The molecule has 1 atom stereocenters. The molecule has 1 saturated carbocycles. The first-order valence-corrected chi connectivity index (χ1v) is 10.00. The molecule has 2 heterocycles. The fourth-order valence-electron chi connectivity index (χ4n) is 4.01. The Kier molecular flexibility index (Phi) is 6.06. The molecule has 1 aliphatic carbocycles. The first kappa shape index (κ1) is 16.9. The molecule has 0 bridgehead atoms. The summed E-state index contributed by atoms with van der Waals surface area (Å²) >= 11 is 1.61. The number of rotatable bonds is 5. The number of piperidine rings is 1. The van der Waals surface area contributed by atoms with Crippen LogP contribution in [0, 0.1) is 12.8 Å². The number of amides is 1. The fourth-order valence-corrected chi connectivity index (χ4v) is 4.62. The van der Waals surface area contributed by atoms with Crippen molar-refractivity contribution >= 4 is 17.2 Å². The molecular weight excluding hydrogens is 306 g/mol. The van der Waals surface area contributed by atoms with Crippen molar-refractivity contribution in [2.75, 3.05) is 19.6 Å². The number of nitrogens with zero attached hydrogens (tertiary/aromatic N) is 2. The molecular formula is C18H29N3OS. The van der Waals surface area contributed by atoms with Gasteiger partial charge in [0.25, 0.3) is 0 Å². The van der Waals surface area contributed by atoms with E-state index in [0.717, 1.165) is 29.6 Å². The van der Waals surface area contributed by atoms with E-state index in [2.05, 4.69) is 15.2 Å². The highest BCUT2D eigenvalue weighted by atomic mass is 32.1. The van der Waals surface area contributed by atoms with Gasteiger partial charge >= 0.3 is 0 Å². The number of nitrogens with one attached hydrogen (secondary N) is 1. The zero-order valence-electron chi connectivity index (χ0n) is 14.2. The number of hydrogen-bond acceptors (Lipinski definition) is 4. The minimum absolute atomic E-state index is 0.125. The van der Waals surface area contributed by atoms with Crippen LogP contribution in [0.4, 0.5) is 0 Å². The molecule has 2 aliphatic rings. The van der Waals surface area contributed by atoms with Crippen molar-refractivity contribution in [3.8, 4) is 0 Å². The summed E-state index contributed by atoms with van der Waals surface area (Å²) in [5.74, 6) is 1.01. The van der Waals surface area contributed by atoms with Crippen LogP contribution in [0.25, 0.3) is 0 Å². The van der Waals surface area contributed by atoms with Gasteiger partial charge in [-0.2, -0.15) is 0 Å². The van der Waals surface area contributed by atoms with Gasteiger partial charge in [0.05, 0.1) is 17.1 Å². The largest absolute Gasteiger partial charge is 0.352 e. The Balaban J connectivity index is 1.43. The van der Waals surface area contributed by atoms with Gasteiger partial charge in [-0.25, -0.2) is 4.98 Å². The van der Waals surface area contributed by atoms with E-state index >= 15 is 0 Å². The lowest BCUT2D eigenvalue weighted by Gasteiger charge is -2.36. The van der Waals surface area contributed by atoms with Gasteiger partial charge in [-0.1, -0.05) is 19.3 Å². The highest BCUT2D eigenvalue weighted by molar-refractivity contribution is 7.09. The van der Waals surface area contributed by atoms with Gasteiger partial charge in [0.15, 0.2) is 0 Å². The second kappa shape index (κ2) is 8.25. The van der Waals surface area contributed by atoms with E-state index in [1.54, 1.807) is 11.3 Å². The van der Waals surface area contributed by atoms with Gasteiger partial charge in [0.2, 0.25) is 5.91 Å². The Bertz CT molecular complexity index is 510. The first-order chi connectivity index (χ1) is 11.2. The third-order valence-electron chi connectivity index (χ3n) is 5.12. The molecule has 1 aromatic rings. The number of carbonyl (C=O) groups excluding carboxylic acids is 1. The molecule has 4 nitrogen and oxygen atoms in total. The average molecular weight is 336 g/mol. The molecule has 0 radical (unpaired) electrons. The molecule has 1 N–H and O–H groups in total. The van der Waals surface area contributed by atoms with Crippen LogP contribution in [-0.4, -0.2) is 41.5 Å². The maximum atomic E-state index is 12.2. The molecule has 23 heavy (non-hydrogen) atoms. The lowest BCUT2D eigenvalue weighted by atomic mass is 9.88. The number of hydrogen-bond donors (Lipinski definition) is 1. The van der Waals surface area contributed by atoms with Crippen LogP contribution in [0.5, 0.6) is 0 Å². The van der Waals surface area contributed by atoms with E-state index in [-0.39, 0.29) is 5.91 Å². The normalized spacial score (nSPS) is 23.8. The lowest BCUT2D eigenvalue weighted by Crippen LogP contribution is -2.49. The van der Waals surface area contributed by atoms with Crippen LogP contribution in [0.1, 0.15) is 55.6 Å². The van der Waals surface area contributed by atoms with Crippen molar-refractivity contribution in [3.05, 3.63) is 16.1 Å². The van der Waals surface area contributed by atoms with Gasteiger partial charge < -0.3 is 10.2 Å². The highest BCUT2D eigenvalue weighted by Crippen LogP contribution is 2.25. The monoisotopic (exact) mass is 335 g/mol. The summed E-state index contributed by atoms with van der Waals surface area (Å²) in [5, 5.41) is 6.25. The maximum absolute atomic E-state index is 12.2. The predicted molar refractivity (Wildman–Crippen MR) is 94.7 cm³/mol. The van der Waals surface area contributed by atoms with Crippen LogP contribution >= 0.6 is 11.3 Å². The van der Waals surface area contributed by atoms with Crippen molar-refractivity contribution in [2.24, 2.45) is 5.92 Å². The Morgan fingerprint density at radius 3 is 2.87 bits per heavy atom. The molecule has 1 amide bonds. The van der Waals surface area contributed by atoms with Crippen LogP contribution in [0.3, 0.4) is 0 Å². The Morgan fingerprint density at radius 2 is 2.13 bits per heavy atom. The molecule has 2 fully saturated rings. The average Bonchev–Trinajstić information content (AvgIpc) is 2.93. The molecule has 0 spiro atoms.